The highest BCUT2D eigenvalue weighted by Crippen LogP contribution is 2.37. The van der Waals surface area contributed by atoms with Crippen LogP contribution < -0.4 is 4.74 Å². The lowest BCUT2D eigenvalue weighted by Gasteiger charge is -2.31. The Hall–Kier alpha value is -1.65. The predicted molar refractivity (Wildman–Crippen MR) is 95.8 cm³/mol. The third-order valence-electron chi connectivity index (χ3n) is 4.88. The van der Waals surface area contributed by atoms with Gasteiger partial charge in [0.25, 0.3) is 0 Å². The van der Waals surface area contributed by atoms with Crippen molar-refractivity contribution in [1.82, 2.24) is 0 Å². The van der Waals surface area contributed by atoms with E-state index in [1.165, 1.54) is 0 Å². The van der Waals surface area contributed by atoms with E-state index in [2.05, 4.69) is 6.58 Å². The summed E-state index contributed by atoms with van der Waals surface area (Å²) in [5, 5.41) is 21.7. The molecule has 0 saturated carbocycles. The Labute approximate surface area is 145 Å². The summed E-state index contributed by atoms with van der Waals surface area (Å²) in [4.78, 5) is 11.9. The molecule has 1 aromatic carbocycles. The van der Waals surface area contributed by atoms with E-state index in [0.717, 1.165) is 0 Å². The fraction of sp³-hybridized carbons (Fsp3) is 0.550. The van der Waals surface area contributed by atoms with Crippen molar-refractivity contribution in [3.63, 3.8) is 0 Å². The third kappa shape index (κ3) is 4.25. The summed E-state index contributed by atoms with van der Waals surface area (Å²) >= 11 is 0. The Balaban J connectivity index is 3.50. The maximum Gasteiger partial charge on any atom is 0.338 e. The molecule has 0 aliphatic rings. The Morgan fingerprint density at radius 2 is 1.33 bits per heavy atom. The Bertz CT molecular complexity index is 559. The molecular formula is C20H30O4. The van der Waals surface area contributed by atoms with Gasteiger partial charge in [0.05, 0.1) is 11.2 Å². The third-order valence-corrected chi connectivity index (χ3v) is 4.88. The molecule has 0 saturated heterocycles. The van der Waals surface area contributed by atoms with Crippen molar-refractivity contribution in [3.05, 3.63) is 41.5 Å². The van der Waals surface area contributed by atoms with Gasteiger partial charge in [-0.2, -0.15) is 0 Å². The van der Waals surface area contributed by atoms with Crippen LogP contribution >= 0.6 is 0 Å². The lowest BCUT2D eigenvalue weighted by atomic mass is 9.82. The average Bonchev–Trinajstić information content (AvgIpc) is 2.59. The maximum absolute atomic E-state index is 11.9. The van der Waals surface area contributed by atoms with Crippen LogP contribution in [0, 0.1) is 0 Å². The monoisotopic (exact) mass is 334 g/mol. The number of aliphatic hydroxyl groups is 2. The molecule has 0 aliphatic heterocycles. The predicted octanol–water partition coefficient (Wildman–Crippen LogP) is 4.18. The van der Waals surface area contributed by atoms with Crippen molar-refractivity contribution in [1.29, 1.82) is 0 Å². The van der Waals surface area contributed by atoms with E-state index < -0.39 is 17.2 Å². The van der Waals surface area contributed by atoms with Crippen LogP contribution in [0.3, 0.4) is 0 Å². The van der Waals surface area contributed by atoms with E-state index >= 15 is 0 Å². The molecule has 0 aromatic heterocycles. The molecule has 0 aliphatic carbocycles. The molecule has 134 valence electrons. The normalized spacial score (nSPS) is 12.1. The highest BCUT2D eigenvalue weighted by molar-refractivity contribution is 5.88. The minimum Gasteiger partial charge on any atom is -0.423 e. The lowest BCUT2D eigenvalue weighted by molar-refractivity contribution is -0.130. The fourth-order valence-corrected chi connectivity index (χ4v) is 2.71. The van der Waals surface area contributed by atoms with Gasteiger partial charge in [-0.1, -0.05) is 34.3 Å². The number of carbonyl (C=O) groups excluding carboxylic acids is 1. The van der Waals surface area contributed by atoms with Crippen LogP contribution in [0.2, 0.25) is 0 Å². The number of hydrogen-bond donors (Lipinski definition) is 2. The van der Waals surface area contributed by atoms with Crippen LogP contribution in [-0.2, 0) is 16.0 Å². The van der Waals surface area contributed by atoms with Gasteiger partial charge in [-0.3, -0.25) is 0 Å². The van der Waals surface area contributed by atoms with Gasteiger partial charge in [0, 0.05) is 5.57 Å². The number of esters is 1. The zero-order valence-corrected chi connectivity index (χ0v) is 15.5. The minimum absolute atomic E-state index is 0.296. The second-order valence-corrected chi connectivity index (χ2v) is 6.39. The molecule has 0 atom stereocenters. The summed E-state index contributed by atoms with van der Waals surface area (Å²) < 4.78 is 5.36. The molecule has 0 spiro atoms. The Morgan fingerprint density at radius 1 is 0.958 bits per heavy atom. The largest absolute Gasteiger partial charge is 0.423 e. The van der Waals surface area contributed by atoms with Gasteiger partial charge >= 0.3 is 5.97 Å². The highest BCUT2D eigenvalue weighted by atomic mass is 16.5. The van der Waals surface area contributed by atoms with Crippen LogP contribution in [-0.4, -0.2) is 16.2 Å². The standard InChI is InChI=1S/C20H30O4/c1-7-19(22,8-2)15-11-16(20(23,9-3)10-4)13-17(12-15)24-18(21)14(5)6/h11-13,22-23H,5,7-10H2,1-4,6H3. The number of hydrogen-bond acceptors (Lipinski definition) is 4. The van der Waals surface area contributed by atoms with Gasteiger partial charge in [-0.05, 0) is 61.9 Å². The van der Waals surface area contributed by atoms with Crippen LogP contribution in [0.5, 0.6) is 5.75 Å². The van der Waals surface area contributed by atoms with Crippen LogP contribution in [0.25, 0.3) is 0 Å². The van der Waals surface area contributed by atoms with E-state index in [9.17, 15) is 15.0 Å². The lowest BCUT2D eigenvalue weighted by Crippen LogP contribution is -2.27. The Morgan fingerprint density at radius 3 is 1.62 bits per heavy atom. The summed E-state index contributed by atoms with van der Waals surface area (Å²) in [6.45, 7) is 12.8. The summed E-state index contributed by atoms with van der Waals surface area (Å²) in [7, 11) is 0. The summed E-state index contributed by atoms with van der Waals surface area (Å²) in [5.41, 5.74) is -0.458. The van der Waals surface area contributed by atoms with Crippen molar-refractivity contribution < 1.29 is 19.7 Å². The summed E-state index contributed by atoms with van der Waals surface area (Å²) in [6, 6.07) is 5.16. The van der Waals surface area contributed by atoms with Crippen LogP contribution in [0.15, 0.2) is 30.4 Å². The van der Waals surface area contributed by atoms with E-state index in [0.29, 0.717) is 48.1 Å². The van der Waals surface area contributed by atoms with Gasteiger partial charge in [0.15, 0.2) is 0 Å². The van der Waals surface area contributed by atoms with Crippen molar-refractivity contribution in [2.75, 3.05) is 0 Å². The van der Waals surface area contributed by atoms with Crippen molar-refractivity contribution in [3.8, 4) is 5.75 Å². The van der Waals surface area contributed by atoms with Gasteiger partial charge in [-0.15, -0.1) is 0 Å². The molecule has 0 fully saturated rings. The SMILES string of the molecule is C=C(C)C(=O)Oc1cc(C(O)(CC)CC)cc(C(O)(CC)CC)c1. The zero-order valence-electron chi connectivity index (χ0n) is 15.5. The summed E-state index contributed by atoms with van der Waals surface area (Å²) in [6.07, 6.45) is 2.10. The van der Waals surface area contributed by atoms with E-state index in [1.54, 1.807) is 19.1 Å². The van der Waals surface area contributed by atoms with Gasteiger partial charge in [-0.25, -0.2) is 4.79 Å². The molecule has 0 heterocycles. The zero-order chi connectivity index (χ0) is 18.5. The molecule has 4 nitrogen and oxygen atoms in total. The fourth-order valence-electron chi connectivity index (χ4n) is 2.71. The number of carbonyl (C=O) groups is 1. The minimum atomic E-state index is -1.03. The summed E-state index contributed by atoms with van der Waals surface area (Å²) in [5.74, 6) is -0.206. The average molecular weight is 334 g/mol. The molecule has 24 heavy (non-hydrogen) atoms. The molecule has 0 bridgehead atoms. The molecule has 0 amide bonds. The first-order valence-corrected chi connectivity index (χ1v) is 8.64. The van der Waals surface area contributed by atoms with Crippen molar-refractivity contribution in [2.45, 2.75) is 71.5 Å². The highest BCUT2D eigenvalue weighted by Gasteiger charge is 2.31. The van der Waals surface area contributed by atoms with E-state index in [1.807, 2.05) is 33.8 Å². The van der Waals surface area contributed by atoms with Gasteiger partial charge < -0.3 is 14.9 Å². The molecule has 4 heteroatoms. The Kier molecular flexibility index (Phi) is 6.76. The second-order valence-electron chi connectivity index (χ2n) is 6.39. The number of ether oxygens (including phenoxy) is 1. The van der Waals surface area contributed by atoms with Gasteiger partial charge in [0.1, 0.15) is 5.75 Å². The molecule has 0 radical (unpaired) electrons. The number of rotatable bonds is 8. The van der Waals surface area contributed by atoms with Crippen molar-refractivity contribution in [2.24, 2.45) is 0 Å². The quantitative estimate of drug-likeness (QED) is 0.425. The van der Waals surface area contributed by atoms with Crippen molar-refractivity contribution >= 4 is 5.97 Å². The first-order valence-electron chi connectivity index (χ1n) is 8.64. The van der Waals surface area contributed by atoms with E-state index in [-0.39, 0.29) is 0 Å². The van der Waals surface area contributed by atoms with Crippen LogP contribution in [0.1, 0.15) is 71.4 Å². The number of benzene rings is 1. The molecule has 0 unspecified atom stereocenters. The first kappa shape index (κ1) is 20.4. The topological polar surface area (TPSA) is 66.8 Å². The van der Waals surface area contributed by atoms with E-state index in [4.69, 9.17) is 4.74 Å². The molecule has 1 aromatic rings. The first-order chi connectivity index (χ1) is 11.2. The smallest absolute Gasteiger partial charge is 0.338 e. The second kappa shape index (κ2) is 7.95. The molecular weight excluding hydrogens is 304 g/mol. The van der Waals surface area contributed by atoms with Gasteiger partial charge in [0.2, 0.25) is 0 Å². The maximum atomic E-state index is 11.9. The molecule has 1 rings (SSSR count). The molecule has 2 N–H and O–H groups in total. The van der Waals surface area contributed by atoms with Crippen LogP contribution in [0.4, 0.5) is 0 Å².